The van der Waals surface area contributed by atoms with Crippen LogP contribution in [-0.2, 0) is 10.8 Å². The molecule has 1 aromatic heterocycles. The molecule has 0 fully saturated rings. The molecule has 0 atom stereocenters. The van der Waals surface area contributed by atoms with Crippen LogP contribution in [0.25, 0.3) is 53.6 Å². The number of rotatable bonds is 4. The quantitative estimate of drug-likeness (QED) is 0.182. The summed E-state index contributed by atoms with van der Waals surface area (Å²) in [6.07, 6.45) is 0. The summed E-state index contributed by atoms with van der Waals surface area (Å²) < 4.78 is 2.67. The lowest BCUT2D eigenvalue weighted by atomic mass is 9.81. The third-order valence-electron chi connectivity index (χ3n) is 11.4. The number of nitrogens with zero attached hydrogens (tertiary/aromatic N) is 1. The normalized spacial score (nSPS) is 14.7. The highest BCUT2D eigenvalue weighted by atomic mass is 32.1. The Hall–Kier alpha value is -5.44. The molecule has 0 amide bonds. The van der Waals surface area contributed by atoms with Crippen molar-refractivity contribution in [2.75, 3.05) is 4.90 Å². The number of hydrogen-bond donors (Lipinski definition) is 0. The zero-order chi connectivity index (χ0) is 33.8. The second-order valence-corrected chi connectivity index (χ2v) is 16.0. The average molecular weight is 660 g/mol. The molecule has 1 nitrogen and oxygen atoms in total. The fourth-order valence-electron chi connectivity index (χ4n) is 9.05. The van der Waals surface area contributed by atoms with Crippen molar-refractivity contribution < 1.29 is 0 Å². The van der Waals surface area contributed by atoms with E-state index in [0.29, 0.717) is 0 Å². The predicted octanol–water partition coefficient (Wildman–Crippen LogP) is 13.8. The summed E-state index contributed by atoms with van der Waals surface area (Å²) in [4.78, 5) is 2.53. The zero-order valence-corrected chi connectivity index (χ0v) is 29.6. The van der Waals surface area contributed by atoms with Gasteiger partial charge >= 0.3 is 0 Å². The molecule has 0 aliphatic heterocycles. The van der Waals surface area contributed by atoms with Crippen LogP contribution in [-0.4, -0.2) is 0 Å². The highest BCUT2D eigenvalue weighted by molar-refractivity contribution is 7.26. The summed E-state index contributed by atoms with van der Waals surface area (Å²) in [7, 11) is 0. The lowest BCUT2D eigenvalue weighted by Gasteiger charge is -2.33. The molecule has 0 unspecified atom stereocenters. The summed E-state index contributed by atoms with van der Waals surface area (Å²) in [5, 5.41) is 2.65. The molecular formula is C48H37NS. The van der Waals surface area contributed by atoms with E-state index in [4.69, 9.17) is 0 Å². The van der Waals surface area contributed by atoms with E-state index in [1.165, 1.54) is 87.2 Å². The van der Waals surface area contributed by atoms with Crippen molar-refractivity contribution in [2.45, 2.75) is 38.5 Å². The van der Waals surface area contributed by atoms with Gasteiger partial charge in [0.05, 0.1) is 5.69 Å². The molecular weight excluding hydrogens is 623 g/mol. The largest absolute Gasteiger partial charge is 0.310 e. The zero-order valence-electron chi connectivity index (χ0n) is 28.8. The summed E-state index contributed by atoms with van der Waals surface area (Å²) in [6, 6.07) is 56.7. The molecule has 0 radical (unpaired) electrons. The molecule has 0 saturated heterocycles. The van der Waals surface area contributed by atoms with Gasteiger partial charge in [0, 0.05) is 42.4 Å². The second-order valence-electron chi connectivity index (χ2n) is 14.9. The molecule has 2 aliphatic carbocycles. The summed E-state index contributed by atoms with van der Waals surface area (Å²) in [6.45, 7) is 9.52. The Labute approximate surface area is 298 Å². The lowest BCUT2D eigenvalue weighted by molar-refractivity contribution is 0.658. The van der Waals surface area contributed by atoms with E-state index < -0.39 is 0 Å². The Bertz CT molecular complexity index is 2670. The summed E-state index contributed by atoms with van der Waals surface area (Å²) in [5.74, 6) is 0. The fraction of sp³-hybridized carbons (Fsp3) is 0.125. The minimum Gasteiger partial charge on any atom is -0.310 e. The van der Waals surface area contributed by atoms with Gasteiger partial charge in [0.25, 0.3) is 0 Å². The van der Waals surface area contributed by atoms with Crippen molar-refractivity contribution in [2.24, 2.45) is 0 Å². The van der Waals surface area contributed by atoms with Crippen molar-refractivity contribution >= 4 is 48.6 Å². The van der Waals surface area contributed by atoms with E-state index in [1.54, 1.807) is 0 Å². The monoisotopic (exact) mass is 659 g/mol. The minimum atomic E-state index is -0.159. The van der Waals surface area contributed by atoms with Crippen molar-refractivity contribution in [3.05, 3.63) is 174 Å². The van der Waals surface area contributed by atoms with Crippen LogP contribution in [0.2, 0.25) is 0 Å². The molecule has 2 heteroatoms. The molecule has 1 heterocycles. The molecule has 7 aromatic carbocycles. The first-order chi connectivity index (χ1) is 24.3. The van der Waals surface area contributed by atoms with Crippen LogP contribution < -0.4 is 4.90 Å². The molecule has 240 valence electrons. The van der Waals surface area contributed by atoms with Gasteiger partial charge in [-0.3, -0.25) is 0 Å². The fourth-order valence-corrected chi connectivity index (χ4v) is 10.3. The highest BCUT2D eigenvalue weighted by Crippen LogP contribution is 2.56. The predicted molar refractivity (Wildman–Crippen MR) is 215 cm³/mol. The van der Waals surface area contributed by atoms with Gasteiger partial charge in [-0.1, -0.05) is 143 Å². The molecule has 0 saturated carbocycles. The smallest absolute Gasteiger partial charge is 0.0508 e. The van der Waals surface area contributed by atoms with Gasteiger partial charge in [0.15, 0.2) is 0 Å². The molecule has 0 bridgehead atoms. The Morgan fingerprint density at radius 3 is 1.88 bits per heavy atom. The van der Waals surface area contributed by atoms with Gasteiger partial charge in [-0.15, -0.1) is 11.3 Å². The molecule has 0 spiro atoms. The number of anilines is 3. The Kier molecular flexibility index (Phi) is 6.21. The van der Waals surface area contributed by atoms with Crippen LogP contribution in [0.3, 0.4) is 0 Å². The maximum Gasteiger partial charge on any atom is 0.0508 e. The molecule has 0 N–H and O–H groups in total. The first kappa shape index (κ1) is 29.5. The third-order valence-corrected chi connectivity index (χ3v) is 12.7. The van der Waals surface area contributed by atoms with Gasteiger partial charge in [0.2, 0.25) is 0 Å². The maximum atomic E-state index is 2.53. The van der Waals surface area contributed by atoms with Gasteiger partial charge in [0.1, 0.15) is 0 Å². The first-order valence-corrected chi connectivity index (χ1v) is 18.4. The van der Waals surface area contributed by atoms with Crippen molar-refractivity contribution in [3.8, 4) is 33.4 Å². The van der Waals surface area contributed by atoms with Crippen LogP contribution in [0.4, 0.5) is 17.1 Å². The highest BCUT2D eigenvalue weighted by Gasteiger charge is 2.40. The van der Waals surface area contributed by atoms with Crippen LogP contribution in [0.15, 0.2) is 152 Å². The van der Waals surface area contributed by atoms with Crippen molar-refractivity contribution in [1.82, 2.24) is 0 Å². The van der Waals surface area contributed by atoms with Crippen molar-refractivity contribution in [3.63, 3.8) is 0 Å². The summed E-state index contributed by atoms with van der Waals surface area (Å²) in [5.41, 5.74) is 16.7. The molecule has 8 aromatic rings. The average Bonchev–Trinajstić information content (AvgIpc) is 3.72. The lowest BCUT2D eigenvalue weighted by Crippen LogP contribution is -2.21. The Morgan fingerprint density at radius 2 is 1.04 bits per heavy atom. The SMILES string of the molecule is CC1(C)c2ccccc2-c2ccc(N(c3cccc(-c4cccc5c4sc4ccccc45)c3)c3cccc4c3C(C)(C)c3ccccc3-4)cc21. The Morgan fingerprint density at radius 1 is 0.440 bits per heavy atom. The summed E-state index contributed by atoms with van der Waals surface area (Å²) >= 11 is 1.89. The first-order valence-electron chi connectivity index (χ1n) is 17.6. The standard InChI is InChI=1S/C48H37NS/c1-47(2)40-22-8-5-16-34(40)36-27-26-32(29-42(36)47)49(43-24-13-20-38-35-17-6-9-23-41(35)48(3,4)45(38)43)31-15-11-14-30(28-31)33-19-12-21-39-37-18-7-10-25-44(37)50-46(33)39/h5-29H,1-4H3. The second kappa shape index (κ2) is 10.5. The Balaban J connectivity index is 1.21. The van der Waals surface area contributed by atoms with E-state index >= 15 is 0 Å². The van der Waals surface area contributed by atoms with Crippen molar-refractivity contribution in [1.29, 1.82) is 0 Å². The van der Waals surface area contributed by atoms with Crippen LogP contribution in [0.5, 0.6) is 0 Å². The van der Waals surface area contributed by atoms with Gasteiger partial charge in [-0.2, -0.15) is 0 Å². The van der Waals surface area contributed by atoms with Gasteiger partial charge in [-0.25, -0.2) is 0 Å². The van der Waals surface area contributed by atoms with E-state index in [2.05, 4.69) is 184 Å². The van der Waals surface area contributed by atoms with Gasteiger partial charge < -0.3 is 4.90 Å². The van der Waals surface area contributed by atoms with E-state index in [1.807, 2.05) is 11.3 Å². The molecule has 10 rings (SSSR count). The molecule has 50 heavy (non-hydrogen) atoms. The van der Waals surface area contributed by atoms with Crippen LogP contribution in [0.1, 0.15) is 49.9 Å². The van der Waals surface area contributed by atoms with E-state index in [9.17, 15) is 0 Å². The number of fused-ring (bicyclic) bond motifs is 9. The van der Waals surface area contributed by atoms with E-state index in [-0.39, 0.29) is 10.8 Å². The third kappa shape index (κ3) is 4.06. The topological polar surface area (TPSA) is 3.24 Å². The number of thiophene rings is 1. The number of benzene rings is 7. The minimum absolute atomic E-state index is 0.0968. The van der Waals surface area contributed by atoms with Crippen LogP contribution in [0, 0.1) is 0 Å². The van der Waals surface area contributed by atoms with Crippen LogP contribution >= 0.6 is 11.3 Å². The molecule has 2 aliphatic rings. The van der Waals surface area contributed by atoms with E-state index in [0.717, 1.165) is 5.69 Å². The van der Waals surface area contributed by atoms with Gasteiger partial charge in [-0.05, 0) is 92.0 Å². The number of hydrogen-bond acceptors (Lipinski definition) is 2. The maximum absolute atomic E-state index is 2.53.